The number of carbonyl (C=O) groups excluding carboxylic acids is 1. The fraction of sp³-hybridized carbons (Fsp3) is 0.846. The number of carboxylic acids is 3. The van der Waals surface area contributed by atoms with Crippen LogP contribution in [0, 0.1) is 0 Å². The molecule has 0 aromatic rings. The summed E-state index contributed by atoms with van der Waals surface area (Å²) in [4.78, 5) is 45.1. The Bertz CT molecular complexity index is 678. The molecular formula is C26H49NO11. The molecule has 0 aromatic heterocycles. The fourth-order valence-electron chi connectivity index (χ4n) is 3.48. The first-order chi connectivity index (χ1) is 17.8. The summed E-state index contributed by atoms with van der Waals surface area (Å²) in [6.07, 6.45) is 10.7. The standard InChI is InChI=1S/C22H38O9.C4H11NO2/c1-2-3-4-5-6-7-8-9-10-11-12-13-14-15-18(25)31-19(20(26)27)22(30,21(28)29)16-17(23)24;1-2-4(6,7)3-5/h19,30H,2-16H2,1H3,(H,23,24)(H,26,27)(H,28,29);6-7H,2-3,5H2,1H3. The molecule has 0 heterocycles. The largest absolute Gasteiger partial charge is 0.481 e. The maximum Gasteiger partial charge on any atom is 0.348 e. The van der Waals surface area contributed by atoms with Gasteiger partial charge in [-0.2, -0.15) is 0 Å². The second-order valence-electron chi connectivity index (χ2n) is 9.54. The van der Waals surface area contributed by atoms with E-state index in [0.717, 1.165) is 25.7 Å². The number of aliphatic carboxylic acids is 3. The van der Waals surface area contributed by atoms with Gasteiger partial charge in [-0.1, -0.05) is 90.9 Å². The third-order valence-corrected chi connectivity index (χ3v) is 6.08. The van der Waals surface area contributed by atoms with E-state index in [1.165, 1.54) is 51.4 Å². The van der Waals surface area contributed by atoms with Crippen molar-refractivity contribution in [2.24, 2.45) is 5.73 Å². The van der Waals surface area contributed by atoms with Gasteiger partial charge in [0.25, 0.3) is 0 Å². The molecule has 0 fully saturated rings. The number of aliphatic hydroxyl groups is 3. The third kappa shape index (κ3) is 18.9. The van der Waals surface area contributed by atoms with Gasteiger partial charge in [0.15, 0.2) is 5.79 Å². The molecule has 0 spiro atoms. The van der Waals surface area contributed by atoms with Gasteiger partial charge in [0, 0.05) is 13.0 Å². The van der Waals surface area contributed by atoms with Crippen molar-refractivity contribution in [1.82, 2.24) is 0 Å². The number of ether oxygens (including phenoxy) is 1. The van der Waals surface area contributed by atoms with Crippen LogP contribution in [0.5, 0.6) is 0 Å². The van der Waals surface area contributed by atoms with E-state index in [1.54, 1.807) is 6.92 Å². The van der Waals surface area contributed by atoms with Crippen LogP contribution in [0.25, 0.3) is 0 Å². The van der Waals surface area contributed by atoms with Gasteiger partial charge in [-0.05, 0) is 12.8 Å². The highest BCUT2D eigenvalue weighted by Gasteiger charge is 2.53. The Hall–Kier alpha value is -2.28. The van der Waals surface area contributed by atoms with Crippen LogP contribution < -0.4 is 5.73 Å². The quantitative estimate of drug-likeness (QED) is 0.0585. The second kappa shape index (κ2) is 21.6. The zero-order chi connectivity index (χ0) is 29.6. The normalized spacial score (nSPS) is 13.5. The number of hydrogen-bond donors (Lipinski definition) is 7. The van der Waals surface area contributed by atoms with Gasteiger partial charge in [-0.25, -0.2) is 9.59 Å². The van der Waals surface area contributed by atoms with Crippen molar-refractivity contribution in [3.63, 3.8) is 0 Å². The van der Waals surface area contributed by atoms with Gasteiger partial charge < -0.3 is 41.1 Å². The number of esters is 1. The molecule has 0 aliphatic carbocycles. The van der Waals surface area contributed by atoms with E-state index in [-0.39, 0.29) is 19.4 Å². The van der Waals surface area contributed by atoms with Crippen molar-refractivity contribution in [3.05, 3.63) is 0 Å². The predicted octanol–water partition coefficient (Wildman–Crippen LogP) is 2.79. The second-order valence-corrected chi connectivity index (χ2v) is 9.54. The van der Waals surface area contributed by atoms with E-state index >= 15 is 0 Å². The lowest BCUT2D eigenvalue weighted by Crippen LogP contribution is -2.56. The molecular weight excluding hydrogens is 502 g/mol. The highest BCUT2D eigenvalue weighted by molar-refractivity contribution is 5.92. The van der Waals surface area contributed by atoms with E-state index in [4.69, 9.17) is 31.3 Å². The topological polar surface area (TPSA) is 225 Å². The summed E-state index contributed by atoms with van der Waals surface area (Å²) in [6.45, 7) is 3.77. The summed E-state index contributed by atoms with van der Waals surface area (Å²) in [5.74, 6) is -8.37. The van der Waals surface area contributed by atoms with Gasteiger partial charge in [0.1, 0.15) is 0 Å². The van der Waals surface area contributed by atoms with Crippen LogP contribution in [0.1, 0.15) is 117 Å². The lowest BCUT2D eigenvalue weighted by atomic mass is 9.92. The van der Waals surface area contributed by atoms with E-state index in [9.17, 15) is 24.3 Å². The van der Waals surface area contributed by atoms with Crippen LogP contribution in [0.2, 0.25) is 0 Å². The molecule has 0 saturated heterocycles. The minimum absolute atomic E-state index is 0.0938. The summed E-state index contributed by atoms with van der Waals surface area (Å²) < 4.78 is 4.61. The lowest BCUT2D eigenvalue weighted by Gasteiger charge is -2.27. The lowest BCUT2D eigenvalue weighted by molar-refractivity contribution is -0.197. The first-order valence-electron chi connectivity index (χ1n) is 13.5. The van der Waals surface area contributed by atoms with Gasteiger partial charge >= 0.3 is 23.9 Å². The predicted molar refractivity (Wildman–Crippen MR) is 139 cm³/mol. The van der Waals surface area contributed by atoms with Crippen molar-refractivity contribution >= 4 is 23.9 Å². The number of nitrogens with two attached hydrogens (primary N) is 1. The minimum Gasteiger partial charge on any atom is -0.481 e. The Morgan fingerprint density at radius 1 is 0.737 bits per heavy atom. The minimum atomic E-state index is -3.25. The van der Waals surface area contributed by atoms with Crippen molar-refractivity contribution in [2.45, 2.75) is 134 Å². The molecule has 2 atom stereocenters. The molecule has 0 aromatic carbocycles. The molecule has 0 amide bonds. The van der Waals surface area contributed by atoms with Crippen LogP contribution >= 0.6 is 0 Å². The summed E-state index contributed by atoms with van der Waals surface area (Å²) in [5, 5.41) is 54.0. The van der Waals surface area contributed by atoms with Crippen molar-refractivity contribution in [1.29, 1.82) is 0 Å². The van der Waals surface area contributed by atoms with Gasteiger partial charge in [-0.15, -0.1) is 0 Å². The number of hydrogen-bond acceptors (Lipinski definition) is 9. The molecule has 12 heteroatoms. The summed E-state index contributed by atoms with van der Waals surface area (Å²) in [6, 6.07) is 0. The maximum absolute atomic E-state index is 11.9. The molecule has 0 aliphatic heterocycles. The van der Waals surface area contributed by atoms with E-state index in [2.05, 4.69) is 11.7 Å². The average molecular weight is 552 g/mol. The maximum atomic E-state index is 11.9. The van der Waals surface area contributed by atoms with E-state index < -0.39 is 47.8 Å². The van der Waals surface area contributed by atoms with Crippen LogP contribution in [-0.4, -0.2) is 78.6 Å². The van der Waals surface area contributed by atoms with Gasteiger partial charge in [-0.3, -0.25) is 9.59 Å². The Kier molecular flexibility index (Phi) is 21.6. The van der Waals surface area contributed by atoms with Gasteiger partial charge in [0.05, 0.1) is 6.42 Å². The van der Waals surface area contributed by atoms with Crippen molar-refractivity contribution in [3.8, 4) is 0 Å². The number of carboxylic acid groups (broad SMARTS) is 3. The van der Waals surface area contributed by atoms with Crippen molar-refractivity contribution < 1.29 is 54.6 Å². The monoisotopic (exact) mass is 551 g/mol. The first kappa shape index (κ1) is 37.9. The smallest absolute Gasteiger partial charge is 0.348 e. The number of unbranched alkanes of at least 4 members (excludes halogenated alkanes) is 12. The highest BCUT2D eigenvalue weighted by Crippen LogP contribution is 2.21. The van der Waals surface area contributed by atoms with Crippen molar-refractivity contribution in [2.75, 3.05) is 6.54 Å². The van der Waals surface area contributed by atoms with Gasteiger partial charge in [0.2, 0.25) is 11.7 Å². The molecule has 0 aliphatic rings. The third-order valence-electron chi connectivity index (χ3n) is 6.08. The molecule has 0 rings (SSSR count). The summed E-state index contributed by atoms with van der Waals surface area (Å²) >= 11 is 0. The first-order valence-corrected chi connectivity index (χ1v) is 13.5. The molecule has 12 nitrogen and oxygen atoms in total. The molecule has 224 valence electrons. The Morgan fingerprint density at radius 3 is 1.45 bits per heavy atom. The molecule has 38 heavy (non-hydrogen) atoms. The van der Waals surface area contributed by atoms with Crippen LogP contribution in [0.15, 0.2) is 0 Å². The Labute approximate surface area is 225 Å². The van der Waals surface area contributed by atoms with Crippen LogP contribution in [0.3, 0.4) is 0 Å². The van der Waals surface area contributed by atoms with E-state index in [0.29, 0.717) is 6.42 Å². The van der Waals surface area contributed by atoms with E-state index in [1.807, 2.05) is 0 Å². The van der Waals surface area contributed by atoms with Crippen LogP contribution in [-0.2, 0) is 23.9 Å². The average Bonchev–Trinajstić information content (AvgIpc) is 2.85. The number of rotatable bonds is 22. The molecule has 0 bridgehead atoms. The zero-order valence-corrected chi connectivity index (χ0v) is 22.9. The van der Waals surface area contributed by atoms with Crippen LogP contribution in [0.4, 0.5) is 0 Å². The zero-order valence-electron chi connectivity index (χ0n) is 22.9. The molecule has 8 N–H and O–H groups in total. The molecule has 0 radical (unpaired) electrons. The SMILES string of the molecule is CCC(O)(O)CN.CCCCCCCCCCCCCCCC(=O)OC(C(=O)O)C(O)(CC(=O)O)C(=O)O. The summed E-state index contributed by atoms with van der Waals surface area (Å²) in [5.41, 5.74) is 1.67. The number of carbonyl (C=O) groups is 4. The fourth-order valence-corrected chi connectivity index (χ4v) is 3.48. The Balaban J connectivity index is 0. The highest BCUT2D eigenvalue weighted by atomic mass is 16.6. The molecule has 2 unspecified atom stereocenters. The summed E-state index contributed by atoms with van der Waals surface area (Å²) in [7, 11) is 0. The molecule has 0 saturated carbocycles. The Morgan fingerprint density at radius 2 is 1.16 bits per heavy atom.